The van der Waals surface area contributed by atoms with Crippen LogP contribution < -0.4 is 0 Å². The van der Waals surface area contributed by atoms with Gasteiger partial charge in [0.1, 0.15) is 0 Å². The quantitative estimate of drug-likeness (QED) is 0.906. The average molecular weight is 281 g/mol. The van der Waals surface area contributed by atoms with Gasteiger partial charge in [0.05, 0.1) is 6.10 Å². The predicted molar refractivity (Wildman–Crippen MR) is 86.2 cm³/mol. The van der Waals surface area contributed by atoms with Gasteiger partial charge in [-0.1, -0.05) is 42.5 Å². The van der Waals surface area contributed by atoms with E-state index in [1.807, 2.05) is 0 Å². The Hall–Kier alpha value is -1.38. The molecule has 0 amide bonds. The third-order valence-corrected chi connectivity index (χ3v) is 5.72. The lowest BCUT2D eigenvalue weighted by Crippen LogP contribution is -2.41. The lowest BCUT2D eigenvalue weighted by Gasteiger charge is -2.38. The average Bonchev–Trinajstić information content (AvgIpc) is 2.75. The summed E-state index contributed by atoms with van der Waals surface area (Å²) in [7, 11) is 2.25. The zero-order valence-electron chi connectivity index (χ0n) is 12.6. The molecule has 1 N–H and O–H groups in total. The van der Waals surface area contributed by atoms with Gasteiger partial charge in [0.25, 0.3) is 0 Å². The first kappa shape index (κ1) is 13.3. The summed E-state index contributed by atoms with van der Waals surface area (Å²) in [5, 5.41) is 13.4. The van der Waals surface area contributed by atoms with Crippen molar-refractivity contribution < 1.29 is 5.11 Å². The van der Waals surface area contributed by atoms with Gasteiger partial charge < -0.3 is 10.0 Å². The Morgan fingerprint density at radius 1 is 1.00 bits per heavy atom. The minimum absolute atomic E-state index is 0.326. The summed E-state index contributed by atoms with van der Waals surface area (Å²) in [6, 6.07) is 16.1. The van der Waals surface area contributed by atoms with Crippen LogP contribution in [0.25, 0.3) is 10.8 Å². The van der Waals surface area contributed by atoms with Gasteiger partial charge >= 0.3 is 0 Å². The van der Waals surface area contributed by atoms with E-state index in [0.29, 0.717) is 18.0 Å². The Balaban J connectivity index is 1.66. The lowest BCUT2D eigenvalue weighted by atomic mass is 9.82. The van der Waals surface area contributed by atoms with Crippen molar-refractivity contribution in [2.24, 2.45) is 5.92 Å². The standard InChI is InChI=1S/C19H23NO/c1-20-15-9-10-16(20)12-14(11-15)19(21)18-8-4-6-13-5-2-3-7-17(13)18/h2-8,14-16,19,21H,9-12H2,1H3. The van der Waals surface area contributed by atoms with Gasteiger partial charge in [-0.25, -0.2) is 0 Å². The first-order valence-corrected chi connectivity index (χ1v) is 8.11. The normalized spacial score (nSPS) is 30.7. The van der Waals surface area contributed by atoms with Crippen molar-refractivity contribution >= 4 is 10.8 Å². The van der Waals surface area contributed by atoms with Crippen LogP contribution in [0.4, 0.5) is 0 Å². The topological polar surface area (TPSA) is 23.5 Å². The Morgan fingerprint density at radius 2 is 1.67 bits per heavy atom. The predicted octanol–water partition coefficient (Wildman–Crippen LogP) is 3.75. The van der Waals surface area contributed by atoms with Crippen LogP contribution in [0.5, 0.6) is 0 Å². The van der Waals surface area contributed by atoms with Crippen molar-refractivity contribution in [2.75, 3.05) is 7.05 Å². The number of fused-ring (bicyclic) bond motifs is 3. The largest absolute Gasteiger partial charge is 0.388 e. The van der Waals surface area contributed by atoms with Crippen LogP contribution in [0.3, 0.4) is 0 Å². The van der Waals surface area contributed by atoms with Gasteiger partial charge in [-0.05, 0) is 55.0 Å². The van der Waals surface area contributed by atoms with Crippen LogP contribution in [-0.4, -0.2) is 29.1 Å². The number of piperidine rings is 1. The molecule has 2 aromatic carbocycles. The van der Waals surface area contributed by atoms with E-state index in [9.17, 15) is 5.11 Å². The molecule has 4 rings (SSSR count). The van der Waals surface area contributed by atoms with Crippen LogP contribution in [0.1, 0.15) is 37.4 Å². The van der Waals surface area contributed by atoms with Crippen LogP contribution >= 0.6 is 0 Å². The molecule has 2 aromatic rings. The molecule has 0 spiro atoms. The second-order valence-corrected chi connectivity index (χ2v) is 6.80. The summed E-state index contributed by atoms with van der Waals surface area (Å²) in [5.41, 5.74) is 1.11. The second kappa shape index (κ2) is 5.11. The SMILES string of the molecule is CN1C2CCC1CC(C(O)c1cccc3ccccc13)C2. The molecule has 2 saturated heterocycles. The highest BCUT2D eigenvalue weighted by Gasteiger charge is 2.41. The van der Waals surface area contributed by atoms with E-state index in [0.717, 1.165) is 18.4 Å². The van der Waals surface area contributed by atoms with Crippen molar-refractivity contribution in [1.82, 2.24) is 4.90 Å². The van der Waals surface area contributed by atoms with Crippen LogP contribution in [0, 0.1) is 5.92 Å². The summed E-state index contributed by atoms with van der Waals surface area (Å²) in [5.74, 6) is 0.407. The van der Waals surface area contributed by atoms with E-state index in [1.54, 1.807) is 0 Å². The van der Waals surface area contributed by atoms with E-state index in [4.69, 9.17) is 0 Å². The van der Waals surface area contributed by atoms with Crippen molar-refractivity contribution in [3.8, 4) is 0 Å². The number of aliphatic hydroxyl groups excluding tert-OH is 1. The molecule has 0 aliphatic carbocycles. The third-order valence-electron chi connectivity index (χ3n) is 5.72. The molecule has 2 fully saturated rings. The first-order valence-electron chi connectivity index (χ1n) is 8.11. The number of nitrogens with zero attached hydrogens (tertiary/aromatic N) is 1. The maximum atomic E-state index is 11.0. The minimum Gasteiger partial charge on any atom is -0.388 e. The number of hydrogen-bond donors (Lipinski definition) is 1. The fourth-order valence-electron chi connectivity index (χ4n) is 4.47. The Morgan fingerprint density at radius 3 is 2.43 bits per heavy atom. The zero-order valence-corrected chi connectivity index (χ0v) is 12.6. The van der Waals surface area contributed by atoms with Gasteiger partial charge in [0.15, 0.2) is 0 Å². The van der Waals surface area contributed by atoms with Crippen molar-refractivity contribution in [3.05, 3.63) is 48.0 Å². The number of hydrogen-bond acceptors (Lipinski definition) is 2. The van der Waals surface area contributed by atoms with Crippen molar-refractivity contribution in [2.45, 2.75) is 43.9 Å². The van der Waals surface area contributed by atoms with Crippen LogP contribution in [0.2, 0.25) is 0 Å². The Labute approximate surface area is 126 Å². The third kappa shape index (κ3) is 2.18. The summed E-state index contributed by atoms with van der Waals surface area (Å²) in [4.78, 5) is 2.53. The highest BCUT2D eigenvalue weighted by Crippen LogP contribution is 2.43. The molecule has 2 bridgehead atoms. The molecule has 3 atom stereocenters. The van der Waals surface area contributed by atoms with E-state index < -0.39 is 0 Å². The molecule has 0 aromatic heterocycles. The summed E-state index contributed by atoms with van der Waals surface area (Å²) in [6.45, 7) is 0. The Kier molecular flexibility index (Phi) is 3.24. The molecular weight excluding hydrogens is 258 g/mol. The molecule has 0 saturated carbocycles. The van der Waals surface area contributed by atoms with Gasteiger partial charge in [-0.15, -0.1) is 0 Å². The molecule has 2 heteroatoms. The highest BCUT2D eigenvalue weighted by atomic mass is 16.3. The minimum atomic E-state index is -0.326. The summed E-state index contributed by atoms with van der Waals surface area (Å²) in [6.07, 6.45) is 4.56. The maximum Gasteiger partial charge on any atom is 0.0825 e. The smallest absolute Gasteiger partial charge is 0.0825 e. The number of benzene rings is 2. The fourth-order valence-corrected chi connectivity index (χ4v) is 4.47. The monoisotopic (exact) mass is 281 g/mol. The molecule has 2 aliphatic heterocycles. The Bertz CT molecular complexity index is 634. The summed E-state index contributed by atoms with van der Waals surface area (Å²) >= 11 is 0. The molecule has 2 heterocycles. The molecule has 110 valence electrons. The highest BCUT2D eigenvalue weighted by molar-refractivity contribution is 5.86. The molecule has 21 heavy (non-hydrogen) atoms. The van der Waals surface area contributed by atoms with Gasteiger partial charge in [0.2, 0.25) is 0 Å². The molecule has 2 aliphatic rings. The fraction of sp³-hybridized carbons (Fsp3) is 0.474. The molecule has 2 nitrogen and oxygen atoms in total. The number of aliphatic hydroxyl groups is 1. The second-order valence-electron chi connectivity index (χ2n) is 6.80. The van der Waals surface area contributed by atoms with E-state index >= 15 is 0 Å². The van der Waals surface area contributed by atoms with E-state index in [-0.39, 0.29) is 6.10 Å². The molecular formula is C19H23NO. The van der Waals surface area contributed by atoms with E-state index in [2.05, 4.69) is 54.4 Å². The van der Waals surface area contributed by atoms with Crippen LogP contribution in [-0.2, 0) is 0 Å². The van der Waals surface area contributed by atoms with Gasteiger partial charge in [-0.3, -0.25) is 0 Å². The first-order chi connectivity index (χ1) is 10.2. The van der Waals surface area contributed by atoms with Crippen LogP contribution in [0.15, 0.2) is 42.5 Å². The molecule has 3 unspecified atom stereocenters. The maximum absolute atomic E-state index is 11.0. The van der Waals surface area contributed by atoms with Crippen molar-refractivity contribution in [3.63, 3.8) is 0 Å². The van der Waals surface area contributed by atoms with Crippen molar-refractivity contribution in [1.29, 1.82) is 0 Å². The summed E-state index contributed by atoms with van der Waals surface area (Å²) < 4.78 is 0. The van der Waals surface area contributed by atoms with Gasteiger partial charge in [0, 0.05) is 12.1 Å². The zero-order chi connectivity index (χ0) is 14.4. The van der Waals surface area contributed by atoms with E-state index in [1.165, 1.54) is 23.6 Å². The lowest BCUT2D eigenvalue weighted by molar-refractivity contribution is 0.0364. The molecule has 0 radical (unpaired) electrons. The number of rotatable bonds is 2. The van der Waals surface area contributed by atoms with Gasteiger partial charge in [-0.2, -0.15) is 0 Å².